The number of rotatable bonds is 15. The van der Waals surface area contributed by atoms with Gasteiger partial charge in [-0.25, -0.2) is 0 Å². The second-order valence-electron chi connectivity index (χ2n) is 19.3. The fourth-order valence-corrected chi connectivity index (χ4v) is 13.5. The summed E-state index contributed by atoms with van der Waals surface area (Å²) in [6.45, 7) is 6.04. The minimum Gasteiger partial charge on any atom is -0.382 e. The maximum Gasteiger partial charge on any atom is 0.0342 e. The highest BCUT2D eigenvalue weighted by Crippen LogP contribution is 2.53. The molecule has 1 aromatic carbocycles. The first-order valence-corrected chi connectivity index (χ1v) is 23.6. The number of benzene rings is 1. The molecule has 13 atom stereocenters. The molecule has 300 valence electrons. The van der Waals surface area contributed by atoms with Crippen LogP contribution < -0.4 is 11.1 Å². The molecule has 8 rings (SSSR count). The van der Waals surface area contributed by atoms with Gasteiger partial charge in [0, 0.05) is 17.6 Å². The molecule has 2 fully saturated rings. The summed E-state index contributed by atoms with van der Waals surface area (Å²) in [5.74, 6) is 9.23. The number of nitrogens with one attached hydrogen (secondary N) is 1. The van der Waals surface area contributed by atoms with Crippen molar-refractivity contribution in [2.45, 2.75) is 123 Å². The fourth-order valence-electron chi connectivity index (χ4n) is 13.5. The number of para-hydroxylation sites is 1. The second kappa shape index (κ2) is 19.1. The molecule has 0 amide bonds. The second-order valence-corrected chi connectivity index (χ2v) is 19.3. The Kier molecular flexibility index (Phi) is 13.5. The zero-order valence-corrected chi connectivity index (χ0v) is 35.0. The Balaban J connectivity index is 0.939. The van der Waals surface area contributed by atoms with Gasteiger partial charge in [-0.05, 0) is 184 Å². The molecule has 7 aliphatic carbocycles. The third kappa shape index (κ3) is 8.97. The lowest BCUT2D eigenvalue weighted by atomic mass is 9.56. The van der Waals surface area contributed by atoms with Gasteiger partial charge in [-0.15, -0.1) is 0 Å². The van der Waals surface area contributed by atoms with Crippen LogP contribution in [0.2, 0.25) is 0 Å². The molecule has 0 bridgehead atoms. The fraction of sp³-hybridized carbons (Fsp3) is 0.593. The molecule has 13 unspecified atom stereocenters. The van der Waals surface area contributed by atoms with Gasteiger partial charge in [0.1, 0.15) is 0 Å². The molecule has 0 spiro atoms. The summed E-state index contributed by atoms with van der Waals surface area (Å²) >= 11 is 0. The molecule has 3 N–H and O–H groups in total. The van der Waals surface area contributed by atoms with Crippen molar-refractivity contribution in [3.63, 3.8) is 0 Å². The molecule has 2 heteroatoms. The Morgan fingerprint density at radius 2 is 1.52 bits per heavy atom. The van der Waals surface area contributed by atoms with Gasteiger partial charge in [0.2, 0.25) is 0 Å². The third-order valence-corrected chi connectivity index (χ3v) is 16.3. The van der Waals surface area contributed by atoms with E-state index in [1.165, 1.54) is 119 Å². The predicted octanol–water partition coefficient (Wildman–Crippen LogP) is 13.8. The minimum absolute atomic E-state index is 0.473. The summed E-state index contributed by atoms with van der Waals surface area (Å²) in [4.78, 5) is 0. The van der Waals surface area contributed by atoms with Gasteiger partial charge in [-0.2, -0.15) is 0 Å². The van der Waals surface area contributed by atoms with E-state index in [9.17, 15) is 0 Å². The first kappa shape index (κ1) is 39.7. The zero-order chi connectivity index (χ0) is 38.3. The largest absolute Gasteiger partial charge is 0.382 e. The van der Waals surface area contributed by atoms with Crippen LogP contribution in [-0.2, 0) is 0 Å². The van der Waals surface area contributed by atoms with Crippen molar-refractivity contribution in [1.29, 1.82) is 0 Å². The Morgan fingerprint density at radius 3 is 2.34 bits per heavy atom. The van der Waals surface area contributed by atoms with E-state index in [0.29, 0.717) is 23.8 Å². The van der Waals surface area contributed by atoms with Crippen molar-refractivity contribution in [2.75, 3.05) is 11.9 Å². The minimum atomic E-state index is 0.473. The highest BCUT2D eigenvalue weighted by Gasteiger charge is 2.45. The SMILES string of the molecule is CC(CCC(C(C)Nc1ccccc1)C1CCC(CCCCCN)C2CCC=CC21)C1CCC(C2C=CC(C3=C4C=CC=CC4CC=C3)=CC2)C2C=CCCC21. The lowest BCUT2D eigenvalue weighted by Crippen LogP contribution is -2.43. The van der Waals surface area contributed by atoms with E-state index in [1.54, 1.807) is 0 Å². The molecule has 56 heavy (non-hydrogen) atoms. The van der Waals surface area contributed by atoms with Crippen LogP contribution in [0.3, 0.4) is 0 Å². The van der Waals surface area contributed by atoms with Crippen molar-refractivity contribution < 1.29 is 0 Å². The average Bonchev–Trinajstić information content (AvgIpc) is 3.25. The predicted molar refractivity (Wildman–Crippen MR) is 240 cm³/mol. The first-order chi connectivity index (χ1) is 27.6. The highest BCUT2D eigenvalue weighted by molar-refractivity contribution is 5.57. The molecular weight excluding hydrogens is 677 g/mol. The maximum atomic E-state index is 5.87. The summed E-state index contributed by atoms with van der Waals surface area (Å²) in [7, 11) is 0. The van der Waals surface area contributed by atoms with Crippen LogP contribution in [0.1, 0.15) is 117 Å². The van der Waals surface area contributed by atoms with Crippen LogP contribution in [0.15, 0.2) is 126 Å². The number of unbranched alkanes of at least 4 members (excludes halogenated alkanes) is 2. The molecule has 1 aromatic rings. The lowest BCUT2D eigenvalue weighted by Gasteiger charge is -2.50. The number of anilines is 1. The summed E-state index contributed by atoms with van der Waals surface area (Å²) in [5, 5.41) is 4.05. The molecule has 0 radical (unpaired) electrons. The smallest absolute Gasteiger partial charge is 0.0342 e. The molecule has 0 heterocycles. The van der Waals surface area contributed by atoms with Crippen LogP contribution in [0.4, 0.5) is 5.69 Å². The number of nitrogens with two attached hydrogens (primary N) is 1. The molecule has 2 nitrogen and oxygen atoms in total. The Labute approximate surface area is 341 Å². The van der Waals surface area contributed by atoms with Gasteiger partial charge < -0.3 is 11.1 Å². The topological polar surface area (TPSA) is 38.0 Å². The van der Waals surface area contributed by atoms with Crippen molar-refractivity contribution in [2.24, 2.45) is 76.7 Å². The molecule has 2 saturated carbocycles. The normalized spacial score (nSPS) is 34.9. The number of fused-ring (bicyclic) bond motifs is 3. The van der Waals surface area contributed by atoms with E-state index in [0.717, 1.165) is 66.2 Å². The Morgan fingerprint density at radius 1 is 0.696 bits per heavy atom. The van der Waals surface area contributed by atoms with Crippen molar-refractivity contribution in [3.05, 3.63) is 126 Å². The molecule has 0 aromatic heterocycles. The standard InChI is InChI=1S/C54H74N2/c1-38(27-33-46(39(2)56-44-19-6-3-7-20-44)54-34-32-41(16-5-4-14-37-55)49-22-10-11-24-52(49)54)45-35-36-50(53-25-13-12-23-51(45)53)43-30-28-42(29-31-43)48-26-15-18-40-17-8-9-21-47(40)48/h3,6-9,11,13,15,17,19-21,24-26,28-30,38-41,43,45-46,49-54,56H,4-5,10,12,14,16,18,22-23,27,31-37,55H2,1-2H3. The molecule has 0 saturated heterocycles. The van der Waals surface area contributed by atoms with Crippen molar-refractivity contribution in [1.82, 2.24) is 0 Å². The van der Waals surface area contributed by atoms with E-state index in [4.69, 9.17) is 5.73 Å². The van der Waals surface area contributed by atoms with Crippen molar-refractivity contribution in [3.8, 4) is 0 Å². The Hall–Kier alpha value is -3.10. The third-order valence-electron chi connectivity index (χ3n) is 16.3. The van der Waals surface area contributed by atoms with Crippen molar-refractivity contribution >= 4 is 5.69 Å². The summed E-state index contributed by atoms with van der Waals surface area (Å²) < 4.78 is 0. The van der Waals surface area contributed by atoms with Crippen LogP contribution in [0.5, 0.6) is 0 Å². The first-order valence-electron chi connectivity index (χ1n) is 23.6. The zero-order valence-electron chi connectivity index (χ0n) is 35.0. The summed E-state index contributed by atoms with van der Waals surface area (Å²) in [6.07, 6.45) is 53.5. The van der Waals surface area contributed by atoms with E-state index in [1.807, 2.05) is 0 Å². The van der Waals surface area contributed by atoms with Gasteiger partial charge >= 0.3 is 0 Å². The molecular formula is C54H74N2. The lowest BCUT2D eigenvalue weighted by molar-refractivity contribution is 0.0372. The van der Waals surface area contributed by atoms with Crippen LogP contribution in [0, 0.1) is 71.0 Å². The van der Waals surface area contributed by atoms with Gasteiger partial charge in [0.25, 0.3) is 0 Å². The maximum absolute atomic E-state index is 5.87. The number of allylic oxidation sites excluding steroid dienone is 16. The Bertz CT molecular complexity index is 1680. The van der Waals surface area contributed by atoms with E-state index in [2.05, 4.69) is 128 Å². The average molecular weight is 751 g/mol. The quantitative estimate of drug-likeness (QED) is 0.138. The molecule has 0 aliphatic heterocycles. The summed E-state index contributed by atoms with van der Waals surface area (Å²) in [6, 6.07) is 11.6. The van der Waals surface area contributed by atoms with Crippen LogP contribution in [-0.4, -0.2) is 12.6 Å². The van der Waals surface area contributed by atoms with Gasteiger partial charge in [0.15, 0.2) is 0 Å². The van der Waals surface area contributed by atoms with Crippen LogP contribution >= 0.6 is 0 Å². The van der Waals surface area contributed by atoms with Gasteiger partial charge in [-0.3, -0.25) is 0 Å². The van der Waals surface area contributed by atoms with Gasteiger partial charge in [-0.1, -0.05) is 130 Å². The number of hydrogen-bond acceptors (Lipinski definition) is 2. The highest BCUT2D eigenvalue weighted by atomic mass is 14.9. The van der Waals surface area contributed by atoms with E-state index < -0.39 is 0 Å². The van der Waals surface area contributed by atoms with Crippen LogP contribution in [0.25, 0.3) is 0 Å². The monoisotopic (exact) mass is 751 g/mol. The van der Waals surface area contributed by atoms with E-state index in [-0.39, 0.29) is 0 Å². The molecule has 7 aliphatic rings. The van der Waals surface area contributed by atoms with E-state index >= 15 is 0 Å². The summed E-state index contributed by atoms with van der Waals surface area (Å²) in [5.41, 5.74) is 11.6. The van der Waals surface area contributed by atoms with Gasteiger partial charge in [0.05, 0.1) is 0 Å². The number of hydrogen-bond donors (Lipinski definition) is 2.